The molecule has 0 fully saturated rings. The number of nitrogens with one attached hydrogen (secondary N) is 1. The molecule has 5 nitrogen and oxygen atoms in total. The normalized spacial score (nSPS) is 10.2. The number of rotatable bonds is 7. The van der Waals surface area contributed by atoms with E-state index < -0.39 is 0 Å². The molecule has 1 heterocycles. The highest BCUT2D eigenvalue weighted by atomic mass is 35.5. The van der Waals surface area contributed by atoms with Crippen LogP contribution in [0.25, 0.3) is 0 Å². The third-order valence-corrected chi connectivity index (χ3v) is 2.39. The molecule has 0 aliphatic heterocycles. The first kappa shape index (κ1) is 13.9. The largest absolute Gasteiger partial charge is 0.396 e. The van der Waals surface area contributed by atoms with Crippen molar-refractivity contribution in [1.29, 1.82) is 0 Å². The Labute approximate surface area is 105 Å². The fourth-order valence-electron chi connectivity index (χ4n) is 1.33. The zero-order valence-corrected chi connectivity index (χ0v) is 10.3. The van der Waals surface area contributed by atoms with Crippen molar-refractivity contribution < 1.29 is 9.90 Å². The molecule has 0 aliphatic carbocycles. The maximum absolute atomic E-state index is 11.6. The summed E-state index contributed by atoms with van der Waals surface area (Å²) in [6.45, 7) is 0.822. The van der Waals surface area contributed by atoms with E-state index in [0.717, 1.165) is 25.7 Å². The van der Waals surface area contributed by atoms with Crippen LogP contribution in [0.3, 0.4) is 0 Å². The Bertz CT molecular complexity index is 360. The average molecular weight is 258 g/mol. The van der Waals surface area contributed by atoms with Gasteiger partial charge < -0.3 is 10.4 Å². The Morgan fingerprint density at radius 3 is 2.76 bits per heavy atom. The summed E-state index contributed by atoms with van der Waals surface area (Å²) in [5.74, 6) is -0.262. The van der Waals surface area contributed by atoms with Crippen LogP contribution in [-0.2, 0) is 0 Å². The van der Waals surface area contributed by atoms with E-state index in [1.54, 1.807) is 0 Å². The molecular formula is C11H16ClN3O2. The number of aliphatic hydroxyl groups is 1. The van der Waals surface area contributed by atoms with Gasteiger partial charge in [0.1, 0.15) is 10.8 Å². The van der Waals surface area contributed by atoms with Gasteiger partial charge in [0.05, 0.1) is 12.4 Å². The highest BCUT2D eigenvalue weighted by Gasteiger charge is 2.06. The van der Waals surface area contributed by atoms with Crippen molar-refractivity contribution >= 4 is 17.5 Å². The molecule has 0 aliphatic rings. The van der Waals surface area contributed by atoms with Crippen LogP contribution < -0.4 is 5.32 Å². The predicted octanol–water partition coefficient (Wildman–Crippen LogP) is 1.41. The number of aromatic nitrogens is 2. The number of unbranched alkanes of at least 4 members (excludes halogenated alkanes) is 3. The van der Waals surface area contributed by atoms with E-state index in [-0.39, 0.29) is 23.4 Å². The monoisotopic (exact) mass is 257 g/mol. The van der Waals surface area contributed by atoms with Crippen LogP contribution in [0.1, 0.15) is 36.2 Å². The summed E-state index contributed by atoms with van der Waals surface area (Å²) in [5, 5.41) is 11.5. The average Bonchev–Trinajstić information content (AvgIpc) is 2.33. The SMILES string of the molecule is O=C(NCCCCCCO)c1cncc(Cl)n1. The zero-order chi connectivity index (χ0) is 12.5. The Hall–Kier alpha value is -1.20. The number of carbonyl (C=O) groups excluding carboxylic acids is 1. The number of nitrogens with zero attached hydrogens (tertiary/aromatic N) is 2. The first-order chi connectivity index (χ1) is 8.24. The minimum Gasteiger partial charge on any atom is -0.396 e. The van der Waals surface area contributed by atoms with E-state index in [1.165, 1.54) is 12.4 Å². The third kappa shape index (κ3) is 5.60. The van der Waals surface area contributed by atoms with Crippen molar-refractivity contribution in [3.63, 3.8) is 0 Å². The molecule has 0 aromatic carbocycles. The van der Waals surface area contributed by atoms with Crippen LogP contribution >= 0.6 is 11.6 Å². The summed E-state index contributed by atoms with van der Waals surface area (Å²) in [7, 11) is 0. The number of amides is 1. The van der Waals surface area contributed by atoms with Gasteiger partial charge in [-0.05, 0) is 12.8 Å². The molecule has 0 saturated carbocycles. The van der Waals surface area contributed by atoms with E-state index in [2.05, 4.69) is 15.3 Å². The van der Waals surface area contributed by atoms with E-state index in [1.807, 2.05) is 0 Å². The first-order valence-electron chi connectivity index (χ1n) is 5.60. The second-order valence-electron chi connectivity index (χ2n) is 3.62. The Kier molecular flexibility index (Phi) is 6.50. The first-order valence-corrected chi connectivity index (χ1v) is 5.98. The number of hydrogen-bond acceptors (Lipinski definition) is 4. The van der Waals surface area contributed by atoms with Gasteiger partial charge in [0.15, 0.2) is 0 Å². The van der Waals surface area contributed by atoms with Gasteiger partial charge in [-0.2, -0.15) is 0 Å². The topological polar surface area (TPSA) is 75.1 Å². The van der Waals surface area contributed by atoms with E-state index in [4.69, 9.17) is 16.7 Å². The highest BCUT2D eigenvalue weighted by molar-refractivity contribution is 6.29. The fraction of sp³-hybridized carbons (Fsp3) is 0.545. The molecule has 1 amide bonds. The van der Waals surface area contributed by atoms with Gasteiger partial charge in [0.25, 0.3) is 5.91 Å². The number of carbonyl (C=O) groups is 1. The minimum atomic E-state index is -0.262. The van der Waals surface area contributed by atoms with Crippen molar-refractivity contribution in [3.8, 4) is 0 Å². The lowest BCUT2D eigenvalue weighted by Gasteiger charge is -2.04. The van der Waals surface area contributed by atoms with Gasteiger partial charge in [-0.3, -0.25) is 9.78 Å². The highest BCUT2D eigenvalue weighted by Crippen LogP contribution is 2.02. The Morgan fingerprint density at radius 2 is 2.06 bits per heavy atom. The summed E-state index contributed by atoms with van der Waals surface area (Å²) in [5.41, 5.74) is 0.229. The van der Waals surface area contributed by atoms with Crippen LogP contribution in [0.2, 0.25) is 5.15 Å². The van der Waals surface area contributed by atoms with Crippen molar-refractivity contribution in [2.75, 3.05) is 13.2 Å². The molecule has 17 heavy (non-hydrogen) atoms. The second-order valence-corrected chi connectivity index (χ2v) is 4.01. The van der Waals surface area contributed by atoms with Crippen molar-refractivity contribution in [2.45, 2.75) is 25.7 Å². The molecule has 0 radical (unpaired) electrons. The number of hydrogen-bond donors (Lipinski definition) is 2. The quantitative estimate of drug-likeness (QED) is 0.725. The van der Waals surface area contributed by atoms with Gasteiger partial charge >= 0.3 is 0 Å². The third-order valence-electron chi connectivity index (χ3n) is 2.21. The molecule has 0 atom stereocenters. The van der Waals surface area contributed by atoms with Gasteiger partial charge in [-0.15, -0.1) is 0 Å². The standard InChI is InChI=1S/C11H16ClN3O2/c12-10-8-13-7-9(15-10)11(17)14-5-3-1-2-4-6-16/h7-8,16H,1-6H2,(H,14,17). The van der Waals surface area contributed by atoms with Crippen LogP contribution in [0.4, 0.5) is 0 Å². The lowest BCUT2D eigenvalue weighted by Crippen LogP contribution is -2.25. The Morgan fingerprint density at radius 1 is 1.29 bits per heavy atom. The number of halogens is 1. The van der Waals surface area contributed by atoms with Crippen LogP contribution in [-0.4, -0.2) is 34.1 Å². The molecule has 0 unspecified atom stereocenters. The molecule has 1 aromatic rings. The summed E-state index contributed by atoms with van der Waals surface area (Å²) < 4.78 is 0. The molecule has 1 aromatic heterocycles. The summed E-state index contributed by atoms with van der Waals surface area (Å²) in [6.07, 6.45) is 6.43. The maximum Gasteiger partial charge on any atom is 0.271 e. The summed E-state index contributed by atoms with van der Waals surface area (Å²) in [4.78, 5) is 19.2. The van der Waals surface area contributed by atoms with Crippen LogP contribution in [0.15, 0.2) is 12.4 Å². The second kappa shape index (κ2) is 7.97. The van der Waals surface area contributed by atoms with Gasteiger partial charge in [-0.25, -0.2) is 4.98 Å². The molecular weight excluding hydrogens is 242 g/mol. The summed E-state index contributed by atoms with van der Waals surface area (Å²) >= 11 is 5.63. The molecule has 1 rings (SSSR count). The van der Waals surface area contributed by atoms with Gasteiger partial charge in [-0.1, -0.05) is 24.4 Å². The van der Waals surface area contributed by atoms with E-state index in [0.29, 0.717) is 6.54 Å². The van der Waals surface area contributed by atoms with Crippen LogP contribution in [0, 0.1) is 0 Å². The fourth-order valence-corrected chi connectivity index (χ4v) is 1.48. The van der Waals surface area contributed by atoms with Crippen molar-refractivity contribution in [2.24, 2.45) is 0 Å². The molecule has 0 saturated heterocycles. The maximum atomic E-state index is 11.6. The summed E-state index contributed by atoms with van der Waals surface area (Å²) in [6, 6.07) is 0. The Balaban J connectivity index is 2.21. The van der Waals surface area contributed by atoms with Crippen molar-refractivity contribution in [1.82, 2.24) is 15.3 Å². The molecule has 94 valence electrons. The van der Waals surface area contributed by atoms with Crippen LogP contribution in [0.5, 0.6) is 0 Å². The van der Waals surface area contributed by atoms with Gasteiger partial charge in [0.2, 0.25) is 0 Å². The molecule has 2 N–H and O–H groups in total. The molecule has 6 heteroatoms. The van der Waals surface area contributed by atoms with E-state index >= 15 is 0 Å². The lowest BCUT2D eigenvalue weighted by molar-refractivity contribution is 0.0947. The molecule has 0 spiro atoms. The molecule has 0 bridgehead atoms. The number of aliphatic hydroxyl groups excluding tert-OH is 1. The predicted molar refractivity (Wildman–Crippen MR) is 64.9 cm³/mol. The van der Waals surface area contributed by atoms with Crippen molar-refractivity contribution in [3.05, 3.63) is 23.2 Å². The zero-order valence-electron chi connectivity index (χ0n) is 9.53. The lowest BCUT2D eigenvalue weighted by atomic mass is 10.2. The minimum absolute atomic E-state index is 0.209. The van der Waals surface area contributed by atoms with Gasteiger partial charge in [0, 0.05) is 13.2 Å². The van der Waals surface area contributed by atoms with E-state index in [9.17, 15) is 4.79 Å². The smallest absolute Gasteiger partial charge is 0.271 e.